The third-order valence-corrected chi connectivity index (χ3v) is 17.2. The second-order valence-corrected chi connectivity index (χ2v) is 18.1. The van der Waals surface area contributed by atoms with Crippen molar-refractivity contribution < 1.29 is 9.59 Å². The molecule has 2 heterocycles. The maximum absolute atomic E-state index is 11.7. The number of carbonyl (C=O) groups excluding carboxylic acids is 2. The van der Waals surface area contributed by atoms with Crippen molar-refractivity contribution in [2.24, 2.45) is 0 Å². The van der Waals surface area contributed by atoms with Crippen molar-refractivity contribution in [3.63, 3.8) is 0 Å². The SMILES string of the molecule is C=C(C)C(=O)SCC1CSC(CSCC(C)SCC2SCC(CSC(=O)C(=C)C)S2)S1. The highest BCUT2D eigenvalue weighted by Gasteiger charge is 2.28. The summed E-state index contributed by atoms with van der Waals surface area (Å²) in [5.41, 5.74) is 1.31. The van der Waals surface area contributed by atoms with Crippen LogP contribution in [-0.2, 0) is 9.59 Å². The molecule has 0 amide bonds. The summed E-state index contributed by atoms with van der Waals surface area (Å²) in [7, 11) is 0. The van der Waals surface area contributed by atoms with E-state index in [1.807, 2.05) is 0 Å². The quantitative estimate of drug-likeness (QED) is 0.218. The van der Waals surface area contributed by atoms with E-state index in [0.29, 0.717) is 36.1 Å². The van der Waals surface area contributed by atoms with E-state index in [2.05, 4.69) is 90.7 Å². The lowest BCUT2D eigenvalue weighted by atomic mass is 10.4. The third-order valence-electron chi connectivity index (χ3n) is 4.25. The molecule has 31 heavy (non-hydrogen) atoms. The molecule has 2 saturated heterocycles. The first-order valence-corrected chi connectivity index (χ1v) is 18.3. The van der Waals surface area contributed by atoms with Crippen LogP contribution in [0.25, 0.3) is 0 Å². The second-order valence-electron chi connectivity index (χ2n) is 7.48. The van der Waals surface area contributed by atoms with E-state index in [-0.39, 0.29) is 10.2 Å². The molecule has 5 atom stereocenters. The Morgan fingerprint density at radius 1 is 0.871 bits per heavy atom. The Morgan fingerprint density at radius 2 is 1.35 bits per heavy atom. The minimum absolute atomic E-state index is 0.137. The average Bonchev–Trinajstić information content (AvgIpc) is 3.37. The summed E-state index contributed by atoms with van der Waals surface area (Å²) in [5, 5.41) is 2.11. The Morgan fingerprint density at radius 3 is 1.84 bits per heavy atom. The zero-order valence-electron chi connectivity index (χ0n) is 18.3. The molecule has 0 aromatic rings. The number of rotatable bonds is 13. The second kappa shape index (κ2) is 15.6. The Bertz CT molecular complexity index is 641. The monoisotopic (exact) mass is 572 g/mol. The summed E-state index contributed by atoms with van der Waals surface area (Å²) in [6.45, 7) is 13.4. The van der Waals surface area contributed by atoms with Gasteiger partial charge in [-0.3, -0.25) is 9.59 Å². The minimum atomic E-state index is 0.137. The molecule has 0 saturated carbocycles. The highest BCUT2D eigenvalue weighted by molar-refractivity contribution is 8.23. The summed E-state index contributed by atoms with van der Waals surface area (Å²) < 4.78 is 1.32. The van der Waals surface area contributed by atoms with Gasteiger partial charge in [0.15, 0.2) is 0 Å². The highest BCUT2D eigenvalue weighted by Crippen LogP contribution is 2.43. The molecule has 2 aliphatic rings. The molecule has 10 heteroatoms. The fourth-order valence-electron chi connectivity index (χ4n) is 2.57. The molecular formula is C21H32O2S8. The van der Waals surface area contributed by atoms with Crippen LogP contribution in [0.4, 0.5) is 0 Å². The fraction of sp³-hybridized carbons (Fsp3) is 0.714. The zero-order valence-corrected chi connectivity index (χ0v) is 24.9. The largest absolute Gasteiger partial charge is 0.282 e. The van der Waals surface area contributed by atoms with Crippen molar-refractivity contribution in [1.82, 2.24) is 0 Å². The van der Waals surface area contributed by atoms with E-state index < -0.39 is 0 Å². The number of hydrogen-bond acceptors (Lipinski definition) is 10. The topological polar surface area (TPSA) is 34.1 Å². The number of hydrogen-bond donors (Lipinski definition) is 0. The van der Waals surface area contributed by atoms with Gasteiger partial charge in [-0.25, -0.2) is 0 Å². The van der Waals surface area contributed by atoms with E-state index >= 15 is 0 Å². The van der Waals surface area contributed by atoms with Crippen LogP contribution in [0.3, 0.4) is 0 Å². The highest BCUT2D eigenvalue weighted by atomic mass is 32.2. The Kier molecular flexibility index (Phi) is 14.5. The maximum atomic E-state index is 11.7. The van der Waals surface area contributed by atoms with Gasteiger partial charge >= 0.3 is 0 Å². The molecule has 0 aromatic carbocycles. The molecule has 0 bridgehead atoms. The van der Waals surface area contributed by atoms with E-state index in [1.54, 1.807) is 13.8 Å². The van der Waals surface area contributed by atoms with Crippen molar-refractivity contribution in [2.45, 2.75) is 45.7 Å². The molecule has 0 radical (unpaired) electrons. The van der Waals surface area contributed by atoms with Gasteiger partial charge < -0.3 is 0 Å². The molecular weight excluding hydrogens is 541 g/mol. The lowest BCUT2D eigenvalue weighted by molar-refractivity contribution is -0.108. The molecule has 0 aliphatic carbocycles. The molecule has 0 aromatic heterocycles. The summed E-state index contributed by atoms with van der Waals surface area (Å²) in [6, 6.07) is 0. The van der Waals surface area contributed by atoms with Crippen LogP contribution in [0.5, 0.6) is 0 Å². The smallest absolute Gasteiger partial charge is 0.214 e. The molecule has 176 valence electrons. The molecule has 5 unspecified atom stereocenters. The van der Waals surface area contributed by atoms with Crippen molar-refractivity contribution in [3.8, 4) is 0 Å². The fourth-order valence-corrected chi connectivity index (χ4v) is 14.7. The van der Waals surface area contributed by atoms with Crippen molar-refractivity contribution in [2.75, 3.05) is 40.3 Å². The first-order chi connectivity index (χ1) is 14.7. The number of carbonyl (C=O) groups is 2. The Balaban J connectivity index is 1.51. The maximum Gasteiger partial charge on any atom is 0.214 e. The van der Waals surface area contributed by atoms with Crippen LogP contribution in [-0.4, -0.2) is 75.4 Å². The van der Waals surface area contributed by atoms with E-state index in [4.69, 9.17) is 0 Å². The molecule has 2 fully saturated rings. The van der Waals surface area contributed by atoms with Gasteiger partial charge in [0.25, 0.3) is 0 Å². The van der Waals surface area contributed by atoms with Crippen LogP contribution < -0.4 is 0 Å². The van der Waals surface area contributed by atoms with Gasteiger partial charge in [-0.15, -0.1) is 47.0 Å². The summed E-state index contributed by atoms with van der Waals surface area (Å²) in [5.74, 6) is 7.72. The number of thioether (sulfide) groups is 8. The zero-order chi connectivity index (χ0) is 22.8. The molecule has 2 nitrogen and oxygen atoms in total. The summed E-state index contributed by atoms with van der Waals surface area (Å²) >= 11 is 15.2. The Hall–Kier alpha value is 1.62. The van der Waals surface area contributed by atoms with Gasteiger partial charge in [0.2, 0.25) is 10.2 Å². The van der Waals surface area contributed by atoms with Gasteiger partial charge in [0.1, 0.15) is 0 Å². The van der Waals surface area contributed by atoms with Crippen LogP contribution in [0.2, 0.25) is 0 Å². The Labute approximate surface area is 222 Å². The predicted octanol–water partition coefficient (Wildman–Crippen LogP) is 6.86. The molecule has 0 N–H and O–H groups in total. The first-order valence-electron chi connectivity index (χ1n) is 10.1. The van der Waals surface area contributed by atoms with Crippen LogP contribution in [0.1, 0.15) is 20.8 Å². The van der Waals surface area contributed by atoms with Crippen LogP contribution >= 0.6 is 94.1 Å². The normalized spacial score (nSPS) is 26.7. The molecule has 0 spiro atoms. The predicted molar refractivity (Wildman–Crippen MR) is 159 cm³/mol. The van der Waals surface area contributed by atoms with Gasteiger partial charge in [0, 0.05) is 56.0 Å². The lowest BCUT2D eigenvalue weighted by Gasteiger charge is -2.15. The van der Waals surface area contributed by atoms with Gasteiger partial charge in [-0.2, -0.15) is 23.5 Å². The van der Waals surface area contributed by atoms with E-state index in [1.165, 1.54) is 40.8 Å². The van der Waals surface area contributed by atoms with Crippen molar-refractivity contribution in [3.05, 3.63) is 24.3 Å². The van der Waals surface area contributed by atoms with E-state index in [9.17, 15) is 9.59 Å². The van der Waals surface area contributed by atoms with Crippen molar-refractivity contribution >= 4 is 104 Å². The third kappa shape index (κ3) is 11.7. The summed E-state index contributed by atoms with van der Waals surface area (Å²) in [6.07, 6.45) is 0. The van der Waals surface area contributed by atoms with Gasteiger partial charge in [-0.1, -0.05) is 43.6 Å². The first kappa shape index (κ1) is 28.9. The lowest BCUT2D eigenvalue weighted by Crippen LogP contribution is -2.10. The van der Waals surface area contributed by atoms with Crippen LogP contribution in [0, 0.1) is 0 Å². The van der Waals surface area contributed by atoms with E-state index in [0.717, 1.165) is 23.0 Å². The van der Waals surface area contributed by atoms with Gasteiger partial charge in [0.05, 0.1) is 9.16 Å². The summed E-state index contributed by atoms with van der Waals surface area (Å²) in [4.78, 5) is 23.4. The molecule has 2 aliphatic heterocycles. The van der Waals surface area contributed by atoms with Gasteiger partial charge in [-0.05, 0) is 25.0 Å². The van der Waals surface area contributed by atoms with Crippen LogP contribution in [0.15, 0.2) is 24.3 Å². The minimum Gasteiger partial charge on any atom is -0.282 e. The molecule has 2 rings (SSSR count). The standard InChI is InChI=1S/C21H32O2S8/c1-13(2)20(22)28-9-16-7-26-18(30-16)11-24-6-15(5)25-12-19-27-8-17(31-19)10-29-21(23)14(3)4/h15-19H,1,3,6-12H2,2,4-5H3. The average molecular weight is 573 g/mol. The van der Waals surface area contributed by atoms with Crippen molar-refractivity contribution in [1.29, 1.82) is 0 Å².